The molecule has 2 rings (SSSR count). The van der Waals surface area contributed by atoms with E-state index in [0.717, 1.165) is 12.1 Å². The van der Waals surface area contributed by atoms with Crippen LogP contribution in [-0.4, -0.2) is 25.3 Å². The first-order valence-corrected chi connectivity index (χ1v) is 4.82. The summed E-state index contributed by atoms with van der Waals surface area (Å²) in [6.45, 7) is 2.69. The van der Waals surface area contributed by atoms with Crippen LogP contribution in [0.5, 0.6) is 5.75 Å². The van der Waals surface area contributed by atoms with Gasteiger partial charge in [0.15, 0.2) is 5.82 Å². The number of hydrogen-bond donors (Lipinski definition) is 1. The van der Waals surface area contributed by atoms with Crippen LogP contribution in [0.1, 0.15) is 18.3 Å². The summed E-state index contributed by atoms with van der Waals surface area (Å²) in [4.78, 5) is 1.55. The van der Waals surface area contributed by atoms with Crippen molar-refractivity contribution in [3.8, 4) is 5.75 Å². The number of phenols is 1. The van der Waals surface area contributed by atoms with Gasteiger partial charge in [0.1, 0.15) is 5.75 Å². The van der Waals surface area contributed by atoms with Gasteiger partial charge in [0.2, 0.25) is 0 Å². The summed E-state index contributed by atoms with van der Waals surface area (Å²) in [5.74, 6) is 0.964. The van der Waals surface area contributed by atoms with Gasteiger partial charge in [-0.3, -0.25) is 0 Å². The first kappa shape index (κ1) is 9.64. The highest BCUT2D eigenvalue weighted by atomic mass is 16.3. The highest BCUT2D eigenvalue weighted by molar-refractivity contribution is 5.27. The molecule has 15 heavy (non-hydrogen) atoms. The average molecular weight is 204 g/mol. The highest BCUT2D eigenvalue weighted by Gasteiger charge is 2.02. The van der Waals surface area contributed by atoms with Crippen molar-refractivity contribution in [3.63, 3.8) is 0 Å². The number of aromatic hydroxyl groups is 1. The van der Waals surface area contributed by atoms with Crippen molar-refractivity contribution in [1.29, 1.82) is 0 Å². The molecule has 0 spiro atoms. The summed E-state index contributed by atoms with van der Waals surface area (Å²) in [5.41, 5.74) is 1.06. The molecule has 0 aliphatic heterocycles. The number of aryl methyl sites for hydroxylation is 1. The maximum atomic E-state index is 9.12. The Bertz CT molecular complexity index is 435. The molecular weight excluding hydrogens is 192 g/mol. The lowest BCUT2D eigenvalue weighted by molar-refractivity contribution is 0.475. The van der Waals surface area contributed by atoms with E-state index in [9.17, 15) is 0 Å². The molecule has 0 aliphatic rings. The Morgan fingerprint density at radius 2 is 2.00 bits per heavy atom. The van der Waals surface area contributed by atoms with Crippen molar-refractivity contribution < 1.29 is 5.11 Å². The Balaban J connectivity index is 2.11. The summed E-state index contributed by atoms with van der Waals surface area (Å²) in [6.07, 6.45) is 0.639. The van der Waals surface area contributed by atoms with E-state index in [-0.39, 0.29) is 5.75 Å². The molecule has 0 unspecified atom stereocenters. The van der Waals surface area contributed by atoms with Gasteiger partial charge in [0.05, 0.1) is 6.54 Å². The molecule has 0 radical (unpaired) electrons. The first-order valence-electron chi connectivity index (χ1n) is 4.82. The molecule has 2 aromatic rings. The Morgan fingerprint density at radius 3 is 2.60 bits per heavy atom. The second-order valence-corrected chi connectivity index (χ2v) is 3.24. The van der Waals surface area contributed by atoms with Gasteiger partial charge in [-0.1, -0.05) is 12.1 Å². The lowest BCUT2D eigenvalue weighted by Crippen LogP contribution is -1.99. The van der Waals surface area contributed by atoms with Crippen molar-refractivity contribution >= 4 is 0 Å². The van der Waals surface area contributed by atoms with Crippen molar-refractivity contribution in [2.75, 3.05) is 0 Å². The minimum Gasteiger partial charge on any atom is -0.508 e. The van der Waals surface area contributed by atoms with Gasteiger partial charge in [0, 0.05) is 6.42 Å². The van der Waals surface area contributed by atoms with E-state index in [2.05, 4.69) is 15.4 Å². The molecular formula is C10H12N4O. The SMILES string of the molecule is CCn1nnc(Cc2ccc(O)cc2)n1. The Kier molecular flexibility index (Phi) is 2.62. The zero-order chi connectivity index (χ0) is 10.7. The molecule has 0 fully saturated rings. The number of hydrogen-bond acceptors (Lipinski definition) is 4. The van der Waals surface area contributed by atoms with E-state index in [1.165, 1.54) is 0 Å². The first-order chi connectivity index (χ1) is 7.28. The maximum Gasteiger partial charge on any atom is 0.179 e. The highest BCUT2D eigenvalue weighted by Crippen LogP contribution is 2.11. The summed E-state index contributed by atoms with van der Waals surface area (Å²) in [6, 6.07) is 7.00. The summed E-state index contributed by atoms with van der Waals surface area (Å²) in [5, 5.41) is 21.1. The topological polar surface area (TPSA) is 63.8 Å². The van der Waals surface area contributed by atoms with E-state index in [4.69, 9.17) is 5.11 Å². The molecule has 78 valence electrons. The Hall–Kier alpha value is -1.91. The van der Waals surface area contributed by atoms with Gasteiger partial charge >= 0.3 is 0 Å². The number of tetrazole rings is 1. The van der Waals surface area contributed by atoms with Crippen molar-refractivity contribution in [3.05, 3.63) is 35.7 Å². The van der Waals surface area contributed by atoms with Crippen molar-refractivity contribution in [2.45, 2.75) is 19.9 Å². The van der Waals surface area contributed by atoms with Crippen molar-refractivity contribution in [2.24, 2.45) is 0 Å². The van der Waals surface area contributed by atoms with E-state index < -0.39 is 0 Å². The van der Waals surface area contributed by atoms with Gasteiger partial charge < -0.3 is 5.11 Å². The zero-order valence-electron chi connectivity index (χ0n) is 8.46. The molecule has 0 amide bonds. The lowest BCUT2D eigenvalue weighted by Gasteiger charge is -1.96. The second-order valence-electron chi connectivity index (χ2n) is 3.24. The minimum absolute atomic E-state index is 0.268. The molecule has 0 atom stereocenters. The molecule has 0 bridgehead atoms. The van der Waals surface area contributed by atoms with E-state index in [1.54, 1.807) is 16.9 Å². The predicted octanol–water partition coefficient (Wildman–Crippen LogP) is 0.989. The molecule has 5 nitrogen and oxygen atoms in total. The normalized spacial score (nSPS) is 10.5. The van der Waals surface area contributed by atoms with E-state index in [1.807, 2.05) is 19.1 Å². The standard InChI is InChI=1S/C10H12N4O/c1-2-14-12-10(11-13-14)7-8-3-5-9(15)6-4-8/h3-6,15H,2,7H2,1H3. The van der Waals surface area contributed by atoms with E-state index >= 15 is 0 Å². The van der Waals surface area contributed by atoms with Gasteiger partial charge in [0.25, 0.3) is 0 Å². The zero-order valence-corrected chi connectivity index (χ0v) is 8.46. The fourth-order valence-electron chi connectivity index (χ4n) is 1.28. The minimum atomic E-state index is 0.268. The summed E-state index contributed by atoms with van der Waals surface area (Å²) < 4.78 is 0. The smallest absolute Gasteiger partial charge is 0.179 e. The molecule has 0 saturated carbocycles. The molecule has 1 heterocycles. The molecule has 0 saturated heterocycles. The number of benzene rings is 1. The number of phenolic OH excluding ortho intramolecular Hbond substituents is 1. The van der Waals surface area contributed by atoms with Gasteiger partial charge in [-0.05, 0) is 29.8 Å². The molecule has 1 N–H and O–H groups in total. The van der Waals surface area contributed by atoms with E-state index in [0.29, 0.717) is 12.2 Å². The largest absolute Gasteiger partial charge is 0.508 e. The third-order valence-electron chi connectivity index (χ3n) is 2.08. The fourth-order valence-corrected chi connectivity index (χ4v) is 1.28. The van der Waals surface area contributed by atoms with Crippen LogP contribution in [0, 0.1) is 0 Å². The number of rotatable bonds is 3. The van der Waals surface area contributed by atoms with Gasteiger partial charge in [-0.2, -0.15) is 4.80 Å². The summed E-state index contributed by atoms with van der Waals surface area (Å²) >= 11 is 0. The Morgan fingerprint density at radius 1 is 1.27 bits per heavy atom. The van der Waals surface area contributed by atoms with Crippen LogP contribution in [0.2, 0.25) is 0 Å². The van der Waals surface area contributed by atoms with Crippen LogP contribution in [0.3, 0.4) is 0 Å². The van der Waals surface area contributed by atoms with Crippen LogP contribution in [0.15, 0.2) is 24.3 Å². The van der Waals surface area contributed by atoms with Gasteiger partial charge in [-0.25, -0.2) is 0 Å². The predicted molar refractivity (Wildman–Crippen MR) is 54.4 cm³/mol. The number of nitrogens with zero attached hydrogens (tertiary/aromatic N) is 4. The van der Waals surface area contributed by atoms with Crippen molar-refractivity contribution in [1.82, 2.24) is 20.2 Å². The molecule has 1 aromatic carbocycles. The summed E-state index contributed by atoms with van der Waals surface area (Å²) in [7, 11) is 0. The number of aromatic nitrogens is 4. The molecule has 0 aliphatic carbocycles. The third-order valence-corrected chi connectivity index (χ3v) is 2.08. The lowest BCUT2D eigenvalue weighted by atomic mass is 10.1. The maximum absolute atomic E-state index is 9.12. The van der Waals surface area contributed by atoms with Gasteiger partial charge in [-0.15, -0.1) is 10.2 Å². The van der Waals surface area contributed by atoms with Crippen LogP contribution in [0.4, 0.5) is 0 Å². The second kappa shape index (κ2) is 4.08. The fraction of sp³-hybridized carbons (Fsp3) is 0.300. The monoisotopic (exact) mass is 204 g/mol. The average Bonchev–Trinajstić information content (AvgIpc) is 2.69. The molecule has 5 heteroatoms. The molecule has 1 aromatic heterocycles. The van der Waals surface area contributed by atoms with Crippen LogP contribution in [0.25, 0.3) is 0 Å². The van der Waals surface area contributed by atoms with Crippen LogP contribution >= 0.6 is 0 Å². The third kappa shape index (κ3) is 2.31. The Labute approximate surface area is 87.4 Å². The quantitative estimate of drug-likeness (QED) is 0.809. The van der Waals surface area contributed by atoms with Crippen LogP contribution < -0.4 is 0 Å². The van der Waals surface area contributed by atoms with Crippen LogP contribution in [-0.2, 0) is 13.0 Å².